The maximum Gasteiger partial charge on any atom is 0.257 e. The lowest BCUT2D eigenvalue weighted by molar-refractivity contribution is -0.124. The summed E-state index contributed by atoms with van der Waals surface area (Å²) in [5, 5.41) is 14.4. The molecule has 2 N–H and O–H groups in total. The predicted octanol–water partition coefficient (Wildman–Crippen LogP) is 1.98. The number of carbonyl (C=O) groups excluding carboxylic acids is 2. The van der Waals surface area contributed by atoms with Crippen molar-refractivity contribution in [1.82, 2.24) is 14.7 Å². The molecule has 0 saturated carbocycles. The number of rotatable bonds is 3. The summed E-state index contributed by atoms with van der Waals surface area (Å²) >= 11 is 5.92. The van der Waals surface area contributed by atoms with E-state index < -0.39 is 11.3 Å². The average molecular weight is 372 g/mol. The zero-order chi connectivity index (χ0) is 19.1. The van der Waals surface area contributed by atoms with Crippen LogP contribution >= 0.6 is 11.6 Å². The van der Waals surface area contributed by atoms with Gasteiger partial charge in [-0.1, -0.05) is 11.6 Å². The van der Waals surface area contributed by atoms with Crippen LogP contribution in [0.5, 0.6) is 0 Å². The van der Waals surface area contributed by atoms with Crippen molar-refractivity contribution in [1.29, 1.82) is 5.26 Å². The fourth-order valence-corrected chi connectivity index (χ4v) is 3.40. The van der Waals surface area contributed by atoms with Crippen molar-refractivity contribution < 1.29 is 9.59 Å². The number of aryl methyl sites for hydroxylation is 1. The number of carbonyl (C=O) groups is 2. The molecule has 1 aromatic heterocycles. The van der Waals surface area contributed by atoms with E-state index >= 15 is 0 Å². The molecule has 0 spiro atoms. The molecule has 134 valence electrons. The Morgan fingerprint density at radius 3 is 2.50 bits per heavy atom. The normalized spacial score (nSPS) is 19.4. The number of nitriles is 1. The molecule has 8 heteroatoms. The molecule has 1 atom stereocenters. The second-order valence-corrected chi connectivity index (χ2v) is 6.91. The summed E-state index contributed by atoms with van der Waals surface area (Å²) in [6, 6.07) is 9.12. The van der Waals surface area contributed by atoms with Crippen LogP contribution in [0, 0.1) is 30.6 Å². The molecule has 1 fully saturated rings. The van der Waals surface area contributed by atoms with Gasteiger partial charge in [-0.15, -0.1) is 0 Å². The molecule has 0 bridgehead atoms. The van der Waals surface area contributed by atoms with Gasteiger partial charge in [0.25, 0.3) is 5.91 Å². The van der Waals surface area contributed by atoms with E-state index in [1.54, 1.807) is 23.7 Å². The lowest BCUT2D eigenvalue weighted by Crippen LogP contribution is -2.40. The van der Waals surface area contributed by atoms with E-state index in [9.17, 15) is 14.9 Å². The number of benzene rings is 1. The Kier molecular flexibility index (Phi) is 4.46. The second kappa shape index (κ2) is 6.46. The van der Waals surface area contributed by atoms with Gasteiger partial charge in [-0.3, -0.25) is 9.59 Å². The van der Waals surface area contributed by atoms with E-state index in [-0.39, 0.29) is 18.9 Å². The number of hydrogen-bond donors (Lipinski definition) is 1. The average Bonchev–Trinajstić information content (AvgIpc) is 3.18. The molecule has 3 rings (SSSR count). The van der Waals surface area contributed by atoms with Gasteiger partial charge in [0, 0.05) is 18.1 Å². The monoisotopic (exact) mass is 371 g/mol. The van der Waals surface area contributed by atoms with Gasteiger partial charge in [0.2, 0.25) is 5.91 Å². The van der Waals surface area contributed by atoms with E-state index in [2.05, 4.69) is 5.10 Å². The van der Waals surface area contributed by atoms with Crippen molar-refractivity contribution in [3.05, 3.63) is 46.2 Å². The van der Waals surface area contributed by atoms with E-state index in [0.717, 1.165) is 5.69 Å². The van der Waals surface area contributed by atoms with Crippen LogP contribution in [-0.4, -0.2) is 39.6 Å². The van der Waals surface area contributed by atoms with E-state index in [4.69, 9.17) is 17.3 Å². The van der Waals surface area contributed by atoms with Crippen molar-refractivity contribution in [2.24, 2.45) is 11.1 Å². The van der Waals surface area contributed by atoms with Crippen molar-refractivity contribution in [3.63, 3.8) is 0 Å². The molecule has 1 unspecified atom stereocenters. The summed E-state index contributed by atoms with van der Waals surface area (Å²) in [6.07, 6.45) is 0.244. The second-order valence-electron chi connectivity index (χ2n) is 6.47. The first-order chi connectivity index (χ1) is 12.3. The van der Waals surface area contributed by atoms with Crippen LogP contribution < -0.4 is 5.73 Å². The van der Waals surface area contributed by atoms with Crippen molar-refractivity contribution >= 4 is 23.4 Å². The SMILES string of the molecule is Cc1nn(-c2ccc(Cl)cc2)c(C)c1C(=O)N1CCC(C#N)(C(N)=O)C1. The zero-order valence-electron chi connectivity index (χ0n) is 14.5. The van der Waals surface area contributed by atoms with Gasteiger partial charge in [0.1, 0.15) is 0 Å². The maximum absolute atomic E-state index is 13.0. The van der Waals surface area contributed by atoms with Gasteiger partial charge in [0.05, 0.1) is 28.7 Å². The molecule has 0 aliphatic carbocycles. The number of likely N-dealkylation sites (tertiary alicyclic amines) is 1. The van der Waals surface area contributed by atoms with Crippen molar-refractivity contribution in [2.45, 2.75) is 20.3 Å². The third-order valence-corrected chi connectivity index (χ3v) is 5.07. The van der Waals surface area contributed by atoms with Gasteiger partial charge in [-0.05, 0) is 44.5 Å². The van der Waals surface area contributed by atoms with Crippen LogP contribution in [0.3, 0.4) is 0 Å². The molecule has 2 heterocycles. The highest BCUT2D eigenvalue weighted by atomic mass is 35.5. The highest BCUT2D eigenvalue weighted by Gasteiger charge is 2.46. The third-order valence-electron chi connectivity index (χ3n) is 4.82. The Morgan fingerprint density at radius 2 is 1.96 bits per heavy atom. The molecule has 0 radical (unpaired) electrons. The largest absolute Gasteiger partial charge is 0.368 e. The fraction of sp³-hybridized carbons (Fsp3) is 0.333. The molecule has 2 aromatic rings. The summed E-state index contributed by atoms with van der Waals surface area (Å²) in [5.74, 6) is -0.945. The standard InChI is InChI=1S/C18H18ClN5O2/c1-11-15(12(2)24(22-11)14-5-3-13(19)4-6-14)16(25)23-8-7-18(9-20,10-23)17(21)26/h3-6H,7-8,10H2,1-2H3,(H2,21,26). The van der Waals surface area contributed by atoms with E-state index in [0.29, 0.717) is 28.5 Å². The number of halogens is 1. The first-order valence-electron chi connectivity index (χ1n) is 8.11. The molecular formula is C18H18ClN5O2. The quantitative estimate of drug-likeness (QED) is 0.890. The van der Waals surface area contributed by atoms with Crippen LogP contribution in [0.1, 0.15) is 28.2 Å². The highest BCUT2D eigenvalue weighted by molar-refractivity contribution is 6.30. The Morgan fingerprint density at radius 1 is 1.31 bits per heavy atom. The molecular weight excluding hydrogens is 354 g/mol. The molecule has 1 aliphatic heterocycles. The van der Waals surface area contributed by atoms with Crippen LogP contribution in [0.4, 0.5) is 0 Å². The number of aromatic nitrogens is 2. The number of nitrogens with zero attached hydrogens (tertiary/aromatic N) is 4. The number of primary amides is 1. The minimum Gasteiger partial charge on any atom is -0.368 e. The fourth-order valence-electron chi connectivity index (χ4n) is 3.27. The summed E-state index contributed by atoms with van der Waals surface area (Å²) in [7, 11) is 0. The summed E-state index contributed by atoms with van der Waals surface area (Å²) in [4.78, 5) is 26.1. The molecule has 1 aromatic carbocycles. The van der Waals surface area contributed by atoms with E-state index in [1.165, 1.54) is 4.90 Å². The number of amides is 2. The van der Waals surface area contributed by atoms with Crippen LogP contribution in [0.15, 0.2) is 24.3 Å². The Bertz CT molecular complexity index is 928. The highest BCUT2D eigenvalue weighted by Crippen LogP contribution is 2.31. The zero-order valence-corrected chi connectivity index (χ0v) is 15.2. The minimum absolute atomic E-state index is 0.00265. The molecule has 2 amide bonds. The third kappa shape index (κ3) is 2.82. The van der Waals surface area contributed by atoms with Gasteiger partial charge in [0.15, 0.2) is 5.41 Å². The van der Waals surface area contributed by atoms with Gasteiger partial charge in [-0.25, -0.2) is 4.68 Å². The van der Waals surface area contributed by atoms with Crippen LogP contribution in [0.2, 0.25) is 5.02 Å². The number of hydrogen-bond acceptors (Lipinski definition) is 4. The van der Waals surface area contributed by atoms with Crippen molar-refractivity contribution in [3.8, 4) is 11.8 Å². The summed E-state index contributed by atoms with van der Waals surface area (Å²) in [6.45, 7) is 3.88. The van der Waals surface area contributed by atoms with Crippen molar-refractivity contribution in [2.75, 3.05) is 13.1 Å². The molecule has 1 saturated heterocycles. The Hall–Kier alpha value is -2.85. The lowest BCUT2D eigenvalue weighted by atomic mass is 9.88. The Labute approximate surface area is 155 Å². The minimum atomic E-state index is -1.32. The van der Waals surface area contributed by atoms with E-state index in [1.807, 2.05) is 25.1 Å². The molecule has 7 nitrogen and oxygen atoms in total. The number of nitrogens with two attached hydrogens (primary N) is 1. The topological polar surface area (TPSA) is 105 Å². The molecule has 1 aliphatic rings. The first-order valence-corrected chi connectivity index (χ1v) is 8.49. The van der Waals surface area contributed by atoms with Crippen LogP contribution in [-0.2, 0) is 4.79 Å². The Balaban J connectivity index is 1.93. The lowest BCUT2D eigenvalue weighted by Gasteiger charge is -2.19. The van der Waals surface area contributed by atoms with Crippen LogP contribution in [0.25, 0.3) is 5.69 Å². The summed E-state index contributed by atoms with van der Waals surface area (Å²) in [5.41, 5.74) is 6.58. The van der Waals surface area contributed by atoms with Gasteiger partial charge in [-0.2, -0.15) is 10.4 Å². The first kappa shape index (κ1) is 18.0. The predicted molar refractivity (Wildman–Crippen MR) is 95.8 cm³/mol. The van der Waals surface area contributed by atoms with Gasteiger partial charge < -0.3 is 10.6 Å². The van der Waals surface area contributed by atoms with Gasteiger partial charge >= 0.3 is 0 Å². The summed E-state index contributed by atoms with van der Waals surface area (Å²) < 4.78 is 1.68. The maximum atomic E-state index is 13.0. The smallest absolute Gasteiger partial charge is 0.257 e. The molecule has 26 heavy (non-hydrogen) atoms.